The Morgan fingerprint density at radius 3 is 2.30 bits per heavy atom. The lowest BCUT2D eigenvalue weighted by Gasteiger charge is -2.34. The van der Waals surface area contributed by atoms with Gasteiger partial charge in [-0.3, -0.25) is 9.59 Å². The molecule has 0 saturated heterocycles. The molecule has 1 heterocycles. The van der Waals surface area contributed by atoms with Gasteiger partial charge in [-0.15, -0.1) is 0 Å². The number of carbonyl (C=O) groups is 2. The lowest BCUT2D eigenvalue weighted by molar-refractivity contribution is -0.155. The number of esters is 1. The van der Waals surface area contributed by atoms with Crippen LogP contribution in [0.3, 0.4) is 0 Å². The first kappa shape index (κ1) is 31.8. The molecule has 1 unspecified atom stereocenters. The van der Waals surface area contributed by atoms with Crippen LogP contribution in [0.25, 0.3) is 11.0 Å². The van der Waals surface area contributed by atoms with Crippen molar-refractivity contribution >= 4 is 34.7 Å². The molecule has 0 aliphatic heterocycles. The molecule has 1 fully saturated rings. The van der Waals surface area contributed by atoms with E-state index in [1.54, 1.807) is 11.8 Å². The normalized spacial score (nSPS) is 14.8. The molecule has 1 atom stereocenters. The summed E-state index contributed by atoms with van der Waals surface area (Å²) in [4.78, 5) is 34.2. The summed E-state index contributed by atoms with van der Waals surface area (Å²) in [5.74, 6) is 0.978. The molecule has 232 valence electrons. The minimum Gasteiger partial charge on any atom is -0.459 e. The SMILES string of the molecule is CC(C)(C)OC(=O)Cn1c(SCCCN(Cc2ccccc2)C(=O)C(c2ccccc2)C2CCCCC2)nc2ccccc21. The number of hydrogen-bond acceptors (Lipinski definition) is 5. The van der Waals surface area contributed by atoms with E-state index in [1.807, 2.05) is 73.9 Å². The van der Waals surface area contributed by atoms with Crippen molar-refractivity contribution in [3.63, 3.8) is 0 Å². The average Bonchev–Trinajstić information content (AvgIpc) is 3.36. The van der Waals surface area contributed by atoms with E-state index >= 15 is 0 Å². The van der Waals surface area contributed by atoms with Crippen LogP contribution < -0.4 is 0 Å². The predicted octanol–water partition coefficient (Wildman–Crippen LogP) is 8.25. The zero-order valence-corrected chi connectivity index (χ0v) is 27.1. The van der Waals surface area contributed by atoms with Crippen LogP contribution >= 0.6 is 11.8 Å². The first-order chi connectivity index (χ1) is 21.3. The lowest BCUT2D eigenvalue weighted by atomic mass is 9.76. The van der Waals surface area contributed by atoms with Crippen molar-refractivity contribution < 1.29 is 14.3 Å². The van der Waals surface area contributed by atoms with E-state index in [9.17, 15) is 9.59 Å². The van der Waals surface area contributed by atoms with Crippen molar-refractivity contribution in [1.29, 1.82) is 0 Å². The number of benzene rings is 3. The highest BCUT2D eigenvalue weighted by atomic mass is 32.2. The summed E-state index contributed by atoms with van der Waals surface area (Å²) < 4.78 is 7.58. The minimum atomic E-state index is -0.551. The predicted molar refractivity (Wildman–Crippen MR) is 179 cm³/mol. The van der Waals surface area contributed by atoms with Gasteiger partial charge in [-0.2, -0.15) is 0 Å². The Bertz CT molecular complexity index is 1510. The van der Waals surface area contributed by atoms with Crippen LogP contribution in [0.4, 0.5) is 0 Å². The summed E-state index contributed by atoms with van der Waals surface area (Å²) >= 11 is 1.63. The number of aromatic nitrogens is 2. The van der Waals surface area contributed by atoms with E-state index in [0.29, 0.717) is 19.0 Å². The second kappa shape index (κ2) is 14.9. The zero-order valence-electron chi connectivity index (χ0n) is 26.3. The number of nitrogens with zero attached hydrogens (tertiary/aromatic N) is 3. The molecule has 44 heavy (non-hydrogen) atoms. The largest absolute Gasteiger partial charge is 0.459 e. The van der Waals surface area contributed by atoms with Crippen LogP contribution in [0.2, 0.25) is 0 Å². The van der Waals surface area contributed by atoms with E-state index in [4.69, 9.17) is 9.72 Å². The van der Waals surface area contributed by atoms with Crippen LogP contribution in [-0.4, -0.2) is 44.2 Å². The average molecular weight is 612 g/mol. The molecule has 3 aromatic carbocycles. The van der Waals surface area contributed by atoms with Crippen molar-refractivity contribution in [3.05, 3.63) is 96.1 Å². The quantitative estimate of drug-likeness (QED) is 0.0917. The Kier molecular flexibility index (Phi) is 10.8. The third-order valence-electron chi connectivity index (χ3n) is 8.20. The molecule has 4 aromatic rings. The molecular formula is C37H45N3O3S. The maximum Gasteiger partial charge on any atom is 0.326 e. The fourth-order valence-corrected chi connectivity index (χ4v) is 7.19. The summed E-state index contributed by atoms with van der Waals surface area (Å²) in [5, 5.41) is 0.794. The Morgan fingerprint density at radius 2 is 1.59 bits per heavy atom. The van der Waals surface area contributed by atoms with E-state index < -0.39 is 5.60 Å². The highest BCUT2D eigenvalue weighted by Gasteiger charge is 2.34. The molecule has 1 aromatic heterocycles. The second-order valence-electron chi connectivity index (χ2n) is 12.8. The van der Waals surface area contributed by atoms with Crippen molar-refractivity contribution in [2.24, 2.45) is 5.92 Å². The number of amides is 1. The number of fused-ring (bicyclic) bond motifs is 1. The van der Waals surface area contributed by atoms with Gasteiger partial charge in [0.25, 0.3) is 0 Å². The van der Waals surface area contributed by atoms with Crippen molar-refractivity contribution in [3.8, 4) is 0 Å². The molecule has 0 spiro atoms. The molecule has 0 N–H and O–H groups in total. The monoisotopic (exact) mass is 611 g/mol. The van der Waals surface area contributed by atoms with E-state index in [2.05, 4.69) is 41.3 Å². The lowest BCUT2D eigenvalue weighted by Crippen LogP contribution is -2.39. The molecule has 0 bridgehead atoms. The second-order valence-corrected chi connectivity index (χ2v) is 13.9. The molecule has 1 amide bonds. The number of thioether (sulfide) groups is 1. The Morgan fingerprint density at radius 1 is 0.932 bits per heavy atom. The maximum atomic E-state index is 14.5. The molecule has 1 aliphatic carbocycles. The number of hydrogen-bond donors (Lipinski definition) is 0. The molecular weight excluding hydrogens is 566 g/mol. The number of rotatable bonds is 12. The highest BCUT2D eigenvalue weighted by Crippen LogP contribution is 2.38. The molecule has 5 rings (SSSR count). The molecule has 7 heteroatoms. The molecule has 1 aliphatic rings. The summed E-state index contributed by atoms with van der Waals surface area (Å²) in [6.45, 7) is 7.00. The van der Waals surface area contributed by atoms with Gasteiger partial charge in [-0.25, -0.2) is 4.98 Å². The van der Waals surface area contributed by atoms with Gasteiger partial charge in [0.2, 0.25) is 5.91 Å². The van der Waals surface area contributed by atoms with Crippen molar-refractivity contribution in [2.45, 2.75) is 89.1 Å². The number of carbonyl (C=O) groups excluding carboxylic acids is 2. The van der Waals surface area contributed by atoms with Crippen LogP contribution in [0.5, 0.6) is 0 Å². The first-order valence-corrected chi connectivity index (χ1v) is 16.9. The number of para-hydroxylation sites is 2. The van der Waals surface area contributed by atoms with Crippen LogP contribution in [0, 0.1) is 5.92 Å². The van der Waals surface area contributed by atoms with E-state index in [1.165, 1.54) is 19.3 Å². The van der Waals surface area contributed by atoms with Gasteiger partial charge in [0.1, 0.15) is 12.1 Å². The first-order valence-electron chi connectivity index (χ1n) is 16.0. The van der Waals surface area contributed by atoms with Gasteiger partial charge in [0.15, 0.2) is 5.16 Å². The Hall–Kier alpha value is -3.58. The fourth-order valence-electron chi connectivity index (χ4n) is 6.25. The molecule has 1 saturated carbocycles. The van der Waals surface area contributed by atoms with Gasteiger partial charge in [-0.05, 0) is 69.2 Å². The minimum absolute atomic E-state index is 0.110. The topological polar surface area (TPSA) is 64.4 Å². The summed E-state index contributed by atoms with van der Waals surface area (Å²) in [6.07, 6.45) is 6.67. The van der Waals surface area contributed by atoms with Gasteiger partial charge in [0, 0.05) is 18.8 Å². The van der Waals surface area contributed by atoms with Gasteiger partial charge >= 0.3 is 5.97 Å². The van der Waals surface area contributed by atoms with Gasteiger partial charge in [0.05, 0.1) is 17.0 Å². The Balaban J connectivity index is 1.32. The van der Waals surface area contributed by atoms with E-state index in [-0.39, 0.29) is 24.3 Å². The zero-order chi connectivity index (χ0) is 30.9. The van der Waals surface area contributed by atoms with E-state index in [0.717, 1.165) is 52.3 Å². The van der Waals surface area contributed by atoms with Gasteiger partial charge < -0.3 is 14.2 Å². The number of ether oxygens (including phenoxy) is 1. The number of imidazole rings is 1. The summed E-state index contributed by atoms with van der Waals surface area (Å²) in [5.41, 5.74) is 3.50. The smallest absolute Gasteiger partial charge is 0.326 e. The standard InChI is InChI=1S/C37H45N3O3S/c1-37(2,3)43-33(41)27-40-32-23-14-13-22-31(32)38-36(40)44-25-15-24-39(26-28-16-7-4-8-17-28)35(42)34(29-18-9-5-10-19-29)30-20-11-6-12-21-30/h4-5,7-10,13-14,16-19,22-23,30,34H,6,11-12,15,20-21,24-27H2,1-3H3. The molecule has 0 radical (unpaired) electrons. The summed E-state index contributed by atoms with van der Waals surface area (Å²) in [6, 6.07) is 28.6. The van der Waals surface area contributed by atoms with Crippen LogP contribution in [0.15, 0.2) is 90.1 Å². The Labute approximate surface area is 266 Å². The van der Waals surface area contributed by atoms with Crippen molar-refractivity contribution in [2.75, 3.05) is 12.3 Å². The van der Waals surface area contributed by atoms with Gasteiger partial charge in [-0.1, -0.05) is 104 Å². The third kappa shape index (κ3) is 8.53. The molecule has 6 nitrogen and oxygen atoms in total. The summed E-state index contributed by atoms with van der Waals surface area (Å²) in [7, 11) is 0. The van der Waals surface area contributed by atoms with Crippen LogP contribution in [0.1, 0.15) is 76.3 Å². The van der Waals surface area contributed by atoms with Crippen molar-refractivity contribution in [1.82, 2.24) is 14.5 Å². The maximum absolute atomic E-state index is 14.5. The van der Waals surface area contributed by atoms with Crippen LogP contribution in [-0.2, 0) is 27.4 Å². The third-order valence-corrected chi connectivity index (χ3v) is 9.27. The highest BCUT2D eigenvalue weighted by molar-refractivity contribution is 7.99. The fraction of sp³-hybridized carbons (Fsp3) is 0.432.